The largest absolute Gasteiger partial charge is 0.497 e. The van der Waals surface area contributed by atoms with E-state index < -0.39 is 0 Å². The fraction of sp³-hybridized carbons (Fsp3) is 0.455. The number of halogens is 1. The molecule has 7 heteroatoms. The minimum Gasteiger partial charge on any atom is -0.497 e. The molecule has 29 heavy (non-hydrogen) atoms. The third-order valence-electron chi connectivity index (χ3n) is 4.83. The van der Waals surface area contributed by atoms with Crippen molar-refractivity contribution in [2.75, 3.05) is 27.7 Å². The first kappa shape index (κ1) is 23.0. The first-order valence-corrected chi connectivity index (χ1v) is 10.2. The molecule has 6 nitrogen and oxygen atoms in total. The van der Waals surface area contributed by atoms with E-state index in [4.69, 9.17) is 16.3 Å². The number of ether oxygens (including phenoxy) is 1. The van der Waals surface area contributed by atoms with Crippen LogP contribution in [0.5, 0.6) is 5.75 Å². The highest BCUT2D eigenvalue weighted by molar-refractivity contribution is 6.31. The lowest BCUT2D eigenvalue weighted by Gasteiger charge is -2.25. The number of benzene rings is 1. The highest BCUT2D eigenvalue weighted by Crippen LogP contribution is 2.22. The van der Waals surface area contributed by atoms with Gasteiger partial charge in [0, 0.05) is 24.7 Å². The minimum atomic E-state index is -0.165. The van der Waals surface area contributed by atoms with Gasteiger partial charge in [-0.2, -0.15) is 5.10 Å². The number of nitrogens with one attached hydrogen (secondary N) is 1. The SMILES string of the molecule is CCCCn1nc(C)c(/C=C/C(=O)NCC(c2ccc(OC)cc2)N(C)C)c1Cl. The van der Waals surface area contributed by atoms with Crippen LogP contribution in [0.15, 0.2) is 30.3 Å². The monoisotopic (exact) mass is 418 g/mol. The van der Waals surface area contributed by atoms with E-state index in [1.54, 1.807) is 17.9 Å². The summed E-state index contributed by atoms with van der Waals surface area (Å²) >= 11 is 6.42. The van der Waals surface area contributed by atoms with E-state index in [2.05, 4.69) is 22.2 Å². The average Bonchev–Trinajstić information content (AvgIpc) is 2.98. The number of rotatable bonds is 10. The molecule has 0 fully saturated rings. The molecule has 158 valence electrons. The molecule has 1 atom stereocenters. The van der Waals surface area contributed by atoms with Gasteiger partial charge in [0.1, 0.15) is 10.9 Å². The van der Waals surface area contributed by atoms with Crippen LogP contribution in [-0.2, 0) is 11.3 Å². The Morgan fingerprint density at radius 1 is 1.34 bits per heavy atom. The van der Waals surface area contributed by atoms with Crippen LogP contribution >= 0.6 is 11.6 Å². The average molecular weight is 419 g/mol. The van der Waals surface area contributed by atoms with Gasteiger partial charge < -0.3 is 15.0 Å². The van der Waals surface area contributed by atoms with Gasteiger partial charge in [0.2, 0.25) is 5.91 Å². The van der Waals surface area contributed by atoms with E-state index in [1.165, 1.54) is 6.08 Å². The number of carbonyl (C=O) groups excluding carboxylic acids is 1. The Morgan fingerprint density at radius 2 is 2.03 bits per heavy atom. The second-order valence-electron chi connectivity index (χ2n) is 7.20. The second-order valence-corrected chi connectivity index (χ2v) is 7.56. The van der Waals surface area contributed by atoms with Crippen molar-refractivity contribution in [3.05, 3.63) is 52.3 Å². The highest BCUT2D eigenvalue weighted by Gasteiger charge is 2.15. The number of aryl methyl sites for hydroxylation is 2. The van der Waals surface area contributed by atoms with Crippen LogP contribution in [0.2, 0.25) is 5.15 Å². The Bertz CT molecular complexity index is 828. The predicted molar refractivity (Wildman–Crippen MR) is 118 cm³/mol. The van der Waals surface area contributed by atoms with Crippen LogP contribution in [0.4, 0.5) is 0 Å². The number of aromatic nitrogens is 2. The molecular weight excluding hydrogens is 388 g/mol. The molecule has 1 N–H and O–H groups in total. The van der Waals surface area contributed by atoms with Gasteiger partial charge in [-0.25, -0.2) is 0 Å². The number of methoxy groups -OCH3 is 1. The summed E-state index contributed by atoms with van der Waals surface area (Å²) in [6, 6.07) is 7.93. The summed E-state index contributed by atoms with van der Waals surface area (Å²) in [5.41, 5.74) is 2.72. The molecule has 0 bridgehead atoms. The first-order valence-electron chi connectivity index (χ1n) is 9.86. The van der Waals surface area contributed by atoms with Gasteiger partial charge in [0.25, 0.3) is 0 Å². The lowest BCUT2D eigenvalue weighted by atomic mass is 10.1. The summed E-state index contributed by atoms with van der Waals surface area (Å²) in [4.78, 5) is 14.4. The molecule has 1 amide bonds. The van der Waals surface area contributed by atoms with Crippen LogP contribution in [-0.4, -0.2) is 48.3 Å². The maximum absolute atomic E-state index is 12.4. The summed E-state index contributed by atoms with van der Waals surface area (Å²) in [5, 5.41) is 8.01. The highest BCUT2D eigenvalue weighted by atomic mass is 35.5. The van der Waals surface area contributed by atoms with Crippen LogP contribution in [0, 0.1) is 6.92 Å². The Hall–Kier alpha value is -2.31. The summed E-state index contributed by atoms with van der Waals surface area (Å²) in [5.74, 6) is 0.645. The molecule has 2 rings (SSSR count). The van der Waals surface area contributed by atoms with Gasteiger partial charge in [-0.3, -0.25) is 9.48 Å². The van der Waals surface area contributed by atoms with Crippen LogP contribution in [0.3, 0.4) is 0 Å². The van der Waals surface area contributed by atoms with Gasteiger partial charge >= 0.3 is 0 Å². The Morgan fingerprint density at radius 3 is 2.62 bits per heavy atom. The van der Waals surface area contributed by atoms with E-state index >= 15 is 0 Å². The van der Waals surface area contributed by atoms with Crippen molar-refractivity contribution in [2.24, 2.45) is 0 Å². The predicted octanol–water partition coefficient (Wildman–Crippen LogP) is 4.09. The first-order chi connectivity index (χ1) is 13.9. The summed E-state index contributed by atoms with van der Waals surface area (Å²) in [7, 11) is 5.63. The van der Waals surface area contributed by atoms with E-state index in [0.29, 0.717) is 11.7 Å². The van der Waals surface area contributed by atoms with Crippen LogP contribution < -0.4 is 10.1 Å². The third kappa shape index (κ3) is 6.34. The Balaban J connectivity index is 2.01. The topological polar surface area (TPSA) is 59.4 Å². The number of nitrogens with zero attached hydrogens (tertiary/aromatic N) is 3. The smallest absolute Gasteiger partial charge is 0.244 e. The molecule has 0 saturated carbocycles. The van der Waals surface area contributed by atoms with Crippen molar-refractivity contribution in [3.8, 4) is 5.75 Å². The van der Waals surface area contributed by atoms with Crippen LogP contribution in [0.25, 0.3) is 6.08 Å². The molecular formula is C22H31ClN4O2. The van der Waals surface area contributed by atoms with Crippen molar-refractivity contribution >= 4 is 23.6 Å². The molecule has 0 aliphatic rings. The zero-order valence-corrected chi connectivity index (χ0v) is 18.7. The fourth-order valence-electron chi connectivity index (χ4n) is 3.05. The van der Waals surface area contributed by atoms with E-state index in [0.717, 1.165) is 42.0 Å². The summed E-state index contributed by atoms with van der Waals surface area (Å²) in [6.07, 6.45) is 5.34. The molecule has 1 heterocycles. The zero-order valence-electron chi connectivity index (χ0n) is 17.9. The summed E-state index contributed by atoms with van der Waals surface area (Å²) < 4.78 is 7.01. The van der Waals surface area contributed by atoms with Gasteiger partial charge in [0.15, 0.2) is 0 Å². The van der Waals surface area contributed by atoms with E-state index in [1.807, 2.05) is 45.3 Å². The second kappa shape index (κ2) is 11.0. The lowest BCUT2D eigenvalue weighted by Crippen LogP contribution is -2.33. The maximum Gasteiger partial charge on any atom is 0.244 e. The Labute approximate surface area is 178 Å². The molecule has 0 spiro atoms. The van der Waals surface area contributed by atoms with Crippen molar-refractivity contribution in [2.45, 2.75) is 39.3 Å². The maximum atomic E-state index is 12.4. The van der Waals surface area contributed by atoms with Crippen molar-refractivity contribution in [3.63, 3.8) is 0 Å². The normalized spacial score (nSPS) is 12.5. The molecule has 2 aromatic rings. The number of hydrogen-bond acceptors (Lipinski definition) is 4. The number of amides is 1. The molecule has 0 radical (unpaired) electrons. The van der Waals surface area contributed by atoms with E-state index in [9.17, 15) is 4.79 Å². The van der Waals surface area contributed by atoms with Crippen LogP contribution in [0.1, 0.15) is 42.6 Å². The Kier molecular flexibility index (Phi) is 8.73. The van der Waals surface area contributed by atoms with Crippen molar-refractivity contribution in [1.82, 2.24) is 20.0 Å². The minimum absolute atomic E-state index is 0.0559. The third-order valence-corrected chi connectivity index (χ3v) is 5.23. The molecule has 0 aliphatic heterocycles. The standard InChI is InChI=1S/C22H31ClN4O2/c1-6-7-14-27-22(23)19(16(2)25-27)12-13-21(28)24-15-20(26(3)4)17-8-10-18(29-5)11-9-17/h8-13,20H,6-7,14-15H2,1-5H3,(H,24,28)/b13-12+. The number of unbranched alkanes of at least 4 members (excludes halogenated alkanes) is 1. The molecule has 1 aromatic carbocycles. The van der Waals surface area contributed by atoms with Gasteiger partial charge in [-0.05, 0) is 51.2 Å². The lowest BCUT2D eigenvalue weighted by molar-refractivity contribution is -0.116. The van der Waals surface area contributed by atoms with Crippen molar-refractivity contribution < 1.29 is 9.53 Å². The van der Waals surface area contributed by atoms with Gasteiger partial charge in [-0.1, -0.05) is 37.1 Å². The molecule has 1 unspecified atom stereocenters. The molecule has 0 aliphatic carbocycles. The quantitative estimate of drug-likeness (QED) is 0.590. The zero-order chi connectivity index (χ0) is 21.4. The van der Waals surface area contributed by atoms with Gasteiger partial charge in [-0.15, -0.1) is 0 Å². The summed E-state index contributed by atoms with van der Waals surface area (Å²) in [6.45, 7) is 5.30. The van der Waals surface area contributed by atoms with E-state index in [-0.39, 0.29) is 11.9 Å². The van der Waals surface area contributed by atoms with Gasteiger partial charge in [0.05, 0.1) is 18.8 Å². The number of likely N-dealkylation sites (N-methyl/N-ethyl adjacent to an activating group) is 1. The fourth-order valence-corrected chi connectivity index (χ4v) is 3.37. The molecule has 1 aromatic heterocycles. The number of hydrogen-bond donors (Lipinski definition) is 1. The molecule has 0 saturated heterocycles. The van der Waals surface area contributed by atoms with Crippen molar-refractivity contribution in [1.29, 1.82) is 0 Å². The number of carbonyl (C=O) groups is 1.